The number of hydrogen-bond donors (Lipinski definition) is 1. The molecule has 21 heavy (non-hydrogen) atoms. The van der Waals surface area contributed by atoms with Gasteiger partial charge in [-0.1, -0.05) is 25.4 Å². The molecule has 114 valence electrons. The van der Waals surface area contributed by atoms with Crippen LogP contribution in [0.5, 0.6) is 0 Å². The number of hydrogen-bond acceptors (Lipinski definition) is 4. The molecule has 6 heteroatoms. The van der Waals surface area contributed by atoms with Crippen molar-refractivity contribution in [1.29, 1.82) is 0 Å². The van der Waals surface area contributed by atoms with Crippen LogP contribution in [0.4, 0.5) is 5.82 Å². The molecular weight excluding hydrogens is 288 g/mol. The molecule has 2 aliphatic rings. The molecule has 3 rings (SSSR count). The Labute approximate surface area is 130 Å². The Morgan fingerprint density at radius 3 is 2.95 bits per heavy atom. The van der Waals surface area contributed by atoms with Crippen LogP contribution in [0, 0.1) is 5.92 Å². The minimum Gasteiger partial charge on any atom is -0.356 e. The quantitative estimate of drug-likeness (QED) is 0.852. The monoisotopic (exact) mass is 308 g/mol. The summed E-state index contributed by atoms with van der Waals surface area (Å²) in [7, 11) is 0. The molecule has 0 saturated carbocycles. The van der Waals surface area contributed by atoms with Crippen molar-refractivity contribution in [2.45, 2.75) is 45.1 Å². The van der Waals surface area contributed by atoms with Gasteiger partial charge in [-0.15, -0.1) is 0 Å². The van der Waals surface area contributed by atoms with Gasteiger partial charge in [-0.2, -0.15) is 0 Å². The number of nitrogens with zero attached hydrogens (tertiary/aromatic N) is 3. The third kappa shape index (κ3) is 2.84. The number of rotatable bonds is 2. The van der Waals surface area contributed by atoms with Crippen LogP contribution in [-0.2, 0) is 4.79 Å². The van der Waals surface area contributed by atoms with Crippen molar-refractivity contribution in [3.05, 3.63) is 17.0 Å². The van der Waals surface area contributed by atoms with Gasteiger partial charge in [0.2, 0.25) is 5.91 Å². The average Bonchev–Trinajstić information content (AvgIpc) is 2.46. The van der Waals surface area contributed by atoms with Crippen LogP contribution in [-0.4, -0.2) is 35.0 Å². The van der Waals surface area contributed by atoms with Crippen LogP contribution < -0.4 is 10.2 Å². The molecule has 0 aliphatic carbocycles. The number of halogens is 1. The van der Waals surface area contributed by atoms with Gasteiger partial charge in [0.25, 0.3) is 0 Å². The van der Waals surface area contributed by atoms with Gasteiger partial charge in [0, 0.05) is 31.1 Å². The van der Waals surface area contributed by atoms with E-state index in [4.69, 9.17) is 11.6 Å². The maximum absolute atomic E-state index is 11.5. The fourth-order valence-corrected chi connectivity index (χ4v) is 3.76. The summed E-state index contributed by atoms with van der Waals surface area (Å²) >= 11 is 6.27. The second kappa shape index (κ2) is 5.79. The van der Waals surface area contributed by atoms with Crippen molar-refractivity contribution in [3.8, 4) is 0 Å². The Kier molecular flexibility index (Phi) is 4.02. The van der Waals surface area contributed by atoms with Gasteiger partial charge in [-0.3, -0.25) is 4.79 Å². The maximum atomic E-state index is 11.5. The van der Waals surface area contributed by atoms with Crippen LogP contribution in [0.15, 0.2) is 6.33 Å². The molecule has 2 aliphatic heterocycles. The average molecular weight is 309 g/mol. The molecule has 1 N–H and O–H groups in total. The van der Waals surface area contributed by atoms with Gasteiger partial charge in [0.15, 0.2) is 0 Å². The summed E-state index contributed by atoms with van der Waals surface area (Å²) in [5.74, 6) is 1.95. The van der Waals surface area contributed by atoms with Crippen molar-refractivity contribution < 1.29 is 4.79 Å². The lowest BCUT2D eigenvalue weighted by molar-refractivity contribution is -0.124. The van der Waals surface area contributed by atoms with Crippen molar-refractivity contribution in [1.82, 2.24) is 15.3 Å². The summed E-state index contributed by atoms with van der Waals surface area (Å²) in [5.41, 5.74) is 1.03. The Morgan fingerprint density at radius 1 is 1.38 bits per heavy atom. The summed E-state index contributed by atoms with van der Waals surface area (Å²) in [6.45, 7) is 6.05. The highest BCUT2D eigenvalue weighted by Crippen LogP contribution is 2.34. The smallest absolute Gasteiger partial charge is 0.220 e. The Bertz CT molecular complexity index is 548. The zero-order valence-corrected chi connectivity index (χ0v) is 13.2. The second-order valence-electron chi connectivity index (χ2n) is 6.26. The molecule has 1 aromatic rings. The molecule has 2 atom stereocenters. The van der Waals surface area contributed by atoms with E-state index in [9.17, 15) is 4.79 Å². The Balaban J connectivity index is 1.83. The lowest BCUT2D eigenvalue weighted by Gasteiger charge is -2.42. The number of carbonyl (C=O) groups excluding carboxylic acids is 1. The normalized spacial score (nSPS) is 25.7. The van der Waals surface area contributed by atoms with Crippen LogP contribution in [0.3, 0.4) is 0 Å². The first kappa shape index (κ1) is 14.6. The minimum absolute atomic E-state index is 0.192. The largest absolute Gasteiger partial charge is 0.356 e. The van der Waals surface area contributed by atoms with Gasteiger partial charge >= 0.3 is 0 Å². The van der Waals surface area contributed by atoms with E-state index in [1.54, 1.807) is 0 Å². The maximum Gasteiger partial charge on any atom is 0.220 e. The fraction of sp³-hybridized carbons (Fsp3) is 0.667. The first-order valence-electron chi connectivity index (χ1n) is 7.61. The predicted molar refractivity (Wildman–Crippen MR) is 82.6 cm³/mol. The van der Waals surface area contributed by atoms with E-state index in [1.165, 1.54) is 6.33 Å². The highest BCUT2D eigenvalue weighted by molar-refractivity contribution is 6.30. The number of anilines is 1. The molecule has 3 heterocycles. The Hall–Kier alpha value is -1.36. The van der Waals surface area contributed by atoms with E-state index in [0.29, 0.717) is 23.5 Å². The van der Waals surface area contributed by atoms with Crippen molar-refractivity contribution in [2.75, 3.05) is 18.0 Å². The standard InChI is InChI=1S/C15H21ClN4O/c1-9(2)13-14(16)17-8-18-15(13)20-6-5-11-10(7-20)3-4-12(21)19-11/h8-11H,3-7H2,1-2H3,(H,19,21). The van der Waals surface area contributed by atoms with E-state index >= 15 is 0 Å². The number of fused-ring (bicyclic) bond motifs is 1. The molecule has 0 spiro atoms. The summed E-state index contributed by atoms with van der Waals surface area (Å²) in [4.78, 5) is 22.4. The predicted octanol–water partition coefficient (Wildman–Crippen LogP) is 2.36. The van der Waals surface area contributed by atoms with Crippen LogP contribution >= 0.6 is 11.6 Å². The fourth-order valence-electron chi connectivity index (χ4n) is 3.42. The highest BCUT2D eigenvalue weighted by atomic mass is 35.5. The topological polar surface area (TPSA) is 58.1 Å². The first-order valence-corrected chi connectivity index (χ1v) is 7.98. The van der Waals surface area contributed by atoms with Gasteiger partial charge in [-0.25, -0.2) is 9.97 Å². The zero-order chi connectivity index (χ0) is 15.0. The molecule has 0 aromatic carbocycles. The number of piperidine rings is 2. The second-order valence-corrected chi connectivity index (χ2v) is 6.62. The van der Waals surface area contributed by atoms with Gasteiger partial charge in [-0.05, 0) is 24.7 Å². The van der Waals surface area contributed by atoms with Gasteiger partial charge in [0.1, 0.15) is 17.3 Å². The van der Waals surface area contributed by atoms with Crippen LogP contribution in [0.2, 0.25) is 5.15 Å². The number of carbonyl (C=O) groups is 1. The van der Waals surface area contributed by atoms with E-state index in [0.717, 1.165) is 37.3 Å². The summed E-state index contributed by atoms with van der Waals surface area (Å²) in [6.07, 6.45) is 4.10. The van der Waals surface area contributed by atoms with Gasteiger partial charge < -0.3 is 10.2 Å². The van der Waals surface area contributed by atoms with Crippen molar-refractivity contribution in [2.24, 2.45) is 5.92 Å². The lowest BCUT2D eigenvalue weighted by atomic mass is 9.85. The molecule has 0 radical (unpaired) electrons. The third-order valence-corrected chi connectivity index (χ3v) is 4.81. The zero-order valence-electron chi connectivity index (χ0n) is 12.5. The van der Waals surface area contributed by atoms with Crippen molar-refractivity contribution in [3.63, 3.8) is 0 Å². The SMILES string of the molecule is CC(C)c1c(Cl)ncnc1N1CCC2NC(=O)CCC2C1. The van der Waals surface area contributed by atoms with Gasteiger partial charge in [0.05, 0.1) is 0 Å². The van der Waals surface area contributed by atoms with E-state index in [2.05, 4.69) is 34.0 Å². The number of aromatic nitrogens is 2. The molecule has 0 bridgehead atoms. The molecule has 2 fully saturated rings. The number of nitrogens with one attached hydrogen (secondary N) is 1. The van der Waals surface area contributed by atoms with E-state index in [1.807, 2.05) is 0 Å². The Morgan fingerprint density at radius 2 is 2.19 bits per heavy atom. The minimum atomic E-state index is 0.192. The molecule has 2 unspecified atom stereocenters. The molecule has 2 saturated heterocycles. The summed E-state index contributed by atoms with van der Waals surface area (Å²) < 4.78 is 0. The van der Waals surface area contributed by atoms with E-state index < -0.39 is 0 Å². The molecule has 1 amide bonds. The molecule has 1 aromatic heterocycles. The third-order valence-electron chi connectivity index (χ3n) is 4.51. The summed E-state index contributed by atoms with van der Waals surface area (Å²) in [6, 6.07) is 0.322. The van der Waals surface area contributed by atoms with Crippen LogP contribution in [0.1, 0.15) is 44.6 Å². The first-order chi connectivity index (χ1) is 10.1. The van der Waals surface area contributed by atoms with E-state index in [-0.39, 0.29) is 11.8 Å². The summed E-state index contributed by atoms with van der Waals surface area (Å²) in [5, 5.41) is 3.66. The molecule has 5 nitrogen and oxygen atoms in total. The number of amides is 1. The van der Waals surface area contributed by atoms with Crippen LogP contribution in [0.25, 0.3) is 0 Å². The lowest BCUT2D eigenvalue weighted by Crippen LogP contribution is -2.54. The molecular formula is C15H21ClN4O. The highest BCUT2D eigenvalue weighted by Gasteiger charge is 2.35. The van der Waals surface area contributed by atoms with Crippen molar-refractivity contribution >= 4 is 23.3 Å².